The van der Waals surface area contributed by atoms with Gasteiger partial charge in [-0.25, -0.2) is 4.98 Å². The molecule has 7 nitrogen and oxygen atoms in total. The number of aliphatic hydroxyl groups is 1. The van der Waals surface area contributed by atoms with Crippen LogP contribution in [0.4, 0.5) is 5.13 Å². The van der Waals surface area contributed by atoms with Crippen molar-refractivity contribution in [3.8, 4) is 0 Å². The Bertz CT molecular complexity index is 599. The zero-order valence-electron chi connectivity index (χ0n) is 14.4. The monoisotopic (exact) mass is 356 g/mol. The number of esters is 1. The van der Waals surface area contributed by atoms with Crippen molar-refractivity contribution in [2.75, 3.05) is 12.4 Å². The molecule has 1 unspecified atom stereocenters. The molecule has 0 spiro atoms. The molecular weight excluding hydrogens is 332 g/mol. The van der Waals surface area contributed by atoms with Crippen LogP contribution in [0.2, 0.25) is 0 Å². The number of hydrogen-bond donors (Lipinski definition) is 2. The fourth-order valence-electron chi connectivity index (χ4n) is 2.19. The number of nitrogens with one attached hydrogen (secondary N) is 1. The second-order valence-electron chi connectivity index (χ2n) is 6.05. The van der Waals surface area contributed by atoms with E-state index >= 15 is 0 Å². The second-order valence-corrected chi connectivity index (χ2v) is 6.91. The third kappa shape index (κ3) is 6.37. The highest BCUT2D eigenvalue weighted by molar-refractivity contribution is 7.13. The number of aryl methyl sites for hydroxylation is 1. The predicted molar refractivity (Wildman–Crippen MR) is 90.8 cm³/mol. The Morgan fingerprint density at radius 1 is 1.42 bits per heavy atom. The van der Waals surface area contributed by atoms with Crippen LogP contribution in [0.3, 0.4) is 0 Å². The maximum absolute atomic E-state index is 11.9. The van der Waals surface area contributed by atoms with Crippen molar-refractivity contribution in [2.45, 2.75) is 52.1 Å². The van der Waals surface area contributed by atoms with E-state index in [1.807, 2.05) is 19.2 Å². The number of carbonyl (C=O) groups is 3. The standard InChI is InChI=1S/C16H24N2O5S/c1-10(2)16(22,8-13(20)7-14(21)23-4)6-5-12-9-24-15(18-12)17-11(3)19/h9-10,22H,5-8H2,1-4H3,(H,17,18,19). The van der Waals surface area contributed by atoms with Crippen LogP contribution in [0.5, 0.6) is 0 Å². The zero-order valence-corrected chi connectivity index (χ0v) is 15.2. The van der Waals surface area contributed by atoms with Crippen molar-refractivity contribution in [3.63, 3.8) is 0 Å². The molecule has 0 radical (unpaired) electrons. The molecule has 1 atom stereocenters. The summed E-state index contributed by atoms with van der Waals surface area (Å²) in [5.74, 6) is -1.31. The van der Waals surface area contributed by atoms with Crippen molar-refractivity contribution in [1.29, 1.82) is 0 Å². The smallest absolute Gasteiger partial charge is 0.313 e. The van der Waals surface area contributed by atoms with E-state index < -0.39 is 11.6 Å². The summed E-state index contributed by atoms with van der Waals surface area (Å²) >= 11 is 1.31. The average molecular weight is 356 g/mol. The van der Waals surface area contributed by atoms with Crippen LogP contribution < -0.4 is 5.32 Å². The first-order valence-electron chi connectivity index (χ1n) is 7.69. The van der Waals surface area contributed by atoms with Gasteiger partial charge in [-0.2, -0.15) is 0 Å². The van der Waals surface area contributed by atoms with Crippen molar-refractivity contribution < 1.29 is 24.2 Å². The molecule has 1 rings (SSSR count). The molecule has 1 aromatic heterocycles. The predicted octanol–water partition coefficient (Wildman–Crippen LogP) is 1.94. The van der Waals surface area contributed by atoms with Gasteiger partial charge >= 0.3 is 5.97 Å². The number of rotatable bonds is 9. The van der Waals surface area contributed by atoms with Gasteiger partial charge in [-0.15, -0.1) is 11.3 Å². The van der Waals surface area contributed by atoms with Gasteiger partial charge in [0.05, 0.1) is 18.4 Å². The van der Waals surface area contributed by atoms with Crippen LogP contribution in [0.15, 0.2) is 5.38 Å². The number of hydrogen-bond acceptors (Lipinski definition) is 7. The minimum Gasteiger partial charge on any atom is -0.469 e. The summed E-state index contributed by atoms with van der Waals surface area (Å²) in [4.78, 5) is 38.4. The number of thiazole rings is 1. The van der Waals surface area contributed by atoms with Crippen LogP contribution >= 0.6 is 11.3 Å². The lowest BCUT2D eigenvalue weighted by Gasteiger charge is -2.31. The van der Waals surface area contributed by atoms with E-state index in [-0.39, 0.29) is 30.4 Å². The summed E-state index contributed by atoms with van der Waals surface area (Å²) < 4.78 is 4.48. The van der Waals surface area contributed by atoms with Gasteiger partial charge in [0, 0.05) is 18.7 Å². The highest BCUT2D eigenvalue weighted by Crippen LogP contribution is 2.28. The average Bonchev–Trinajstić information content (AvgIpc) is 2.91. The molecule has 0 saturated carbocycles. The van der Waals surface area contributed by atoms with Gasteiger partial charge in [0.15, 0.2) is 5.13 Å². The Hall–Kier alpha value is -1.80. The Morgan fingerprint density at radius 2 is 2.08 bits per heavy atom. The molecule has 0 aliphatic carbocycles. The van der Waals surface area contributed by atoms with Crippen LogP contribution in [-0.4, -0.2) is 40.5 Å². The number of nitrogens with zero attached hydrogens (tertiary/aromatic N) is 1. The Morgan fingerprint density at radius 3 is 2.62 bits per heavy atom. The molecule has 0 aliphatic heterocycles. The summed E-state index contributed by atoms with van der Waals surface area (Å²) in [5, 5.41) is 15.7. The van der Waals surface area contributed by atoms with Crippen molar-refractivity contribution in [3.05, 3.63) is 11.1 Å². The number of anilines is 1. The largest absolute Gasteiger partial charge is 0.469 e. The number of methoxy groups -OCH3 is 1. The first-order chi connectivity index (χ1) is 11.2. The first kappa shape index (κ1) is 20.2. The van der Waals surface area contributed by atoms with Gasteiger partial charge in [-0.1, -0.05) is 13.8 Å². The lowest BCUT2D eigenvalue weighted by atomic mass is 9.81. The van der Waals surface area contributed by atoms with E-state index in [0.29, 0.717) is 18.0 Å². The minimum atomic E-state index is -1.22. The third-order valence-electron chi connectivity index (χ3n) is 3.80. The fraction of sp³-hybridized carbons (Fsp3) is 0.625. The number of amides is 1. The molecule has 1 heterocycles. The Labute approximate surface area is 145 Å². The van der Waals surface area contributed by atoms with Gasteiger partial charge in [-0.05, 0) is 18.8 Å². The minimum absolute atomic E-state index is 0.109. The van der Waals surface area contributed by atoms with E-state index in [1.54, 1.807) is 0 Å². The van der Waals surface area contributed by atoms with Gasteiger partial charge in [-0.3, -0.25) is 14.4 Å². The molecule has 0 aliphatic rings. The number of ether oxygens (including phenoxy) is 1. The summed E-state index contributed by atoms with van der Waals surface area (Å²) in [6.07, 6.45) is 0.356. The molecule has 1 amide bonds. The quantitative estimate of drug-likeness (QED) is 0.517. The highest BCUT2D eigenvalue weighted by Gasteiger charge is 2.34. The van der Waals surface area contributed by atoms with Crippen molar-refractivity contribution in [1.82, 2.24) is 4.98 Å². The van der Waals surface area contributed by atoms with Crippen molar-refractivity contribution >= 4 is 34.1 Å². The van der Waals surface area contributed by atoms with Gasteiger partial charge in [0.25, 0.3) is 0 Å². The lowest BCUT2D eigenvalue weighted by Crippen LogP contribution is -2.38. The number of carbonyl (C=O) groups excluding carboxylic acids is 3. The molecule has 134 valence electrons. The van der Waals surface area contributed by atoms with E-state index in [1.165, 1.54) is 25.4 Å². The van der Waals surface area contributed by atoms with Crippen molar-refractivity contribution in [2.24, 2.45) is 5.92 Å². The van der Waals surface area contributed by atoms with Crippen LogP contribution in [0, 0.1) is 5.92 Å². The molecule has 0 fully saturated rings. The van der Waals surface area contributed by atoms with Gasteiger partial charge < -0.3 is 15.2 Å². The van der Waals surface area contributed by atoms with Crippen LogP contribution in [0.1, 0.15) is 45.7 Å². The number of ketones is 1. The molecule has 8 heteroatoms. The Kier molecular flexibility index (Phi) is 7.50. The molecule has 0 saturated heterocycles. The van der Waals surface area contributed by atoms with E-state index in [9.17, 15) is 19.5 Å². The maximum Gasteiger partial charge on any atom is 0.313 e. The number of aromatic nitrogens is 1. The highest BCUT2D eigenvalue weighted by atomic mass is 32.1. The van der Waals surface area contributed by atoms with Crippen LogP contribution in [0.25, 0.3) is 0 Å². The Balaban J connectivity index is 2.67. The maximum atomic E-state index is 11.9. The summed E-state index contributed by atoms with van der Waals surface area (Å²) in [7, 11) is 1.22. The summed E-state index contributed by atoms with van der Waals surface area (Å²) in [5.41, 5.74) is -0.480. The molecule has 24 heavy (non-hydrogen) atoms. The van der Waals surface area contributed by atoms with Gasteiger partial charge in [0.2, 0.25) is 5.91 Å². The molecule has 1 aromatic rings. The normalized spacial score (nSPS) is 13.4. The molecule has 0 bridgehead atoms. The lowest BCUT2D eigenvalue weighted by molar-refractivity contribution is -0.144. The molecule has 0 aromatic carbocycles. The fourth-order valence-corrected chi connectivity index (χ4v) is 2.98. The van der Waals surface area contributed by atoms with E-state index in [4.69, 9.17) is 0 Å². The van der Waals surface area contributed by atoms with Crippen LogP contribution in [-0.2, 0) is 25.5 Å². The second kappa shape index (κ2) is 8.89. The van der Waals surface area contributed by atoms with E-state index in [2.05, 4.69) is 15.0 Å². The SMILES string of the molecule is COC(=O)CC(=O)CC(O)(CCc1csc(NC(C)=O)n1)C(C)C. The van der Waals surface area contributed by atoms with E-state index in [0.717, 1.165) is 5.69 Å². The molecular formula is C16H24N2O5S. The summed E-state index contributed by atoms with van der Waals surface area (Å²) in [6.45, 7) is 5.07. The zero-order chi connectivity index (χ0) is 18.3. The summed E-state index contributed by atoms with van der Waals surface area (Å²) in [6, 6.07) is 0. The van der Waals surface area contributed by atoms with Gasteiger partial charge in [0.1, 0.15) is 12.2 Å². The topological polar surface area (TPSA) is 106 Å². The third-order valence-corrected chi connectivity index (χ3v) is 4.60. The number of Topliss-reactive ketones (excluding diaryl/α,β-unsaturated/α-hetero) is 1. The molecule has 2 N–H and O–H groups in total. The first-order valence-corrected chi connectivity index (χ1v) is 8.57.